The molecule has 0 atom stereocenters. The third kappa shape index (κ3) is 2.73. The first-order valence-corrected chi connectivity index (χ1v) is 6.55. The van der Waals surface area contributed by atoms with E-state index in [1.165, 1.54) is 0 Å². The number of aryl methyl sites for hydroxylation is 1. The molecule has 0 fully saturated rings. The number of rotatable bonds is 4. The highest BCUT2D eigenvalue weighted by atomic mass is 79.9. The first kappa shape index (κ1) is 12.3. The summed E-state index contributed by atoms with van der Waals surface area (Å²) in [6.07, 6.45) is 2.14. The number of carbonyl (C=O) groups is 1. The lowest BCUT2D eigenvalue weighted by Gasteiger charge is -2.01. The Balaban J connectivity index is 2.32. The molecule has 0 unspecified atom stereocenters. The maximum atomic E-state index is 11.7. The molecule has 0 bridgehead atoms. The molecular formula is C10H9BrN2O3S. The summed E-state index contributed by atoms with van der Waals surface area (Å²) in [6.45, 7) is 0.406. The van der Waals surface area contributed by atoms with E-state index in [1.54, 1.807) is 10.8 Å². The molecule has 0 aliphatic rings. The summed E-state index contributed by atoms with van der Waals surface area (Å²) in [7, 11) is 0. The van der Waals surface area contributed by atoms with Gasteiger partial charge < -0.3 is 5.11 Å². The molecule has 2 aromatic heterocycles. The molecule has 2 rings (SSSR count). The van der Waals surface area contributed by atoms with Crippen LogP contribution in [0.25, 0.3) is 10.3 Å². The molecule has 0 saturated heterocycles. The number of aliphatic carboxylic acids is 1. The van der Waals surface area contributed by atoms with E-state index in [-0.39, 0.29) is 11.3 Å². The summed E-state index contributed by atoms with van der Waals surface area (Å²) in [5.41, 5.74) is 0.750. The molecule has 5 nitrogen and oxygen atoms in total. The smallest absolute Gasteiger partial charge is 0.309 e. The second kappa shape index (κ2) is 4.97. The van der Waals surface area contributed by atoms with Crippen LogP contribution >= 0.6 is 27.3 Å². The van der Waals surface area contributed by atoms with Crippen molar-refractivity contribution in [3.05, 3.63) is 26.4 Å². The van der Waals surface area contributed by atoms with E-state index >= 15 is 0 Å². The van der Waals surface area contributed by atoms with Crippen LogP contribution in [-0.2, 0) is 11.3 Å². The number of fused-ring (bicyclic) bond motifs is 1. The topological polar surface area (TPSA) is 72.2 Å². The van der Waals surface area contributed by atoms with Crippen LogP contribution in [-0.4, -0.2) is 20.6 Å². The number of aromatic nitrogens is 2. The van der Waals surface area contributed by atoms with E-state index in [9.17, 15) is 9.59 Å². The molecule has 2 aromatic rings. The van der Waals surface area contributed by atoms with E-state index in [0.29, 0.717) is 17.8 Å². The molecule has 0 aliphatic carbocycles. The number of thiazole rings is 1. The van der Waals surface area contributed by atoms with Crippen molar-refractivity contribution in [2.24, 2.45) is 0 Å². The Hall–Kier alpha value is -1.21. The van der Waals surface area contributed by atoms with Crippen molar-refractivity contribution >= 4 is 43.6 Å². The zero-order chi connectivity index (χ0) is 12.4. The van der Waals surface area contributed by atoms with Crippen LogP contribution in [0.5, 0.6) is 0 Å². The SMILES string of the molecule is O=C(O)CCCn1c(=O)sc2ncc(Br)cc21. The second-order valence-corrected chi connectivity index (χ2v) is 5.35. The van der Waals surface area contributed by atoms with E-state index in [1.807, 2.05) is 6.07 Å². The fourth-order valence-electron chi connectivity index (χ4n) is 1.52. The maximum Gasteiger partial charge on any atom is 0.309 e. The number of pyridine rings is 1. The van der Waals surface area contributed by atoms with Crippen molar-refractivity contribution in [1.82, 2.24) is 9.55 Å². The lowest BCUT2D eigenvalue weighted by Crippen LogP contribution is -2.13. The van der Waals surface area contributed by atoms with E-state index in [0.717, 1.165) is 21.3 Å². The average Bonchev–Trinajstić information content (AvgIpc) is 2.55. The van der Waals surface area contributed by atoms with Gasteiger partial charge in [-0.1, -0.05) is 11.3 Å². The Morgan fingerprint density at radius 1 is 1.59 bits per heavy atom. The quantitative estimate of drug-likeness (QED) is 0.937. The Morgan fingerprint density at radius 2 is 2.35 bits per heavy atom. The highest BCUT2D eigenvalue weighted by Gasteiger charge is 2.09. The monoisotopic (exact) mass is 316 g/mol. The number of carboxylic acids is 1. The molecule has 90 valence electrons. The van der Waals surface area contributed by atoms with Gasteiger partial charge in [0.15, 0.2) is 0 Å². The minimum Gasteiger partial charge on any atom is -0.481 e. The molecule has 0 radical (unpaired) electrons. The molecular weight excluding hydrogens is 308 g/mol. The van der Waals surface area contributed by atoms with Crippen LogP contribution in [0, 0.1) is 0 Å². The van der Waals surface area contributed by atoms with Gasteiger partial charge in [0, 0.05) is 23.6 Å². The molecule has 0 amide bonds. The summed E-state index contributed by atoms with van der Waals surface area (Å²) in [4.78, 5) is 26.8. The molecule has 7 heteroatoms. The summed E-state index contributed by atoms with van der Waals surface area (Å²) in [6, 6.07) is 1.82. The number of carboxylic acid groups (broad SMARTS) is 1. The highest BCUT2D eigenvalue weighted by molar-refractivity contribution is 9.10. The lowest BCUT2D eigenvalue weighted by molar-refractivity contribution is -0.137. The number of halogens is 1. The third-order valence-corrected chi connectivity index (χ3v) is 3.60. The van der Waals surface area contributed by atoms with Gasteiger partial charge in [-0.25, -0.2) is 4.98 Å². The van der Waals surface area contributed by atoms with Gasteiger partial charge in [0.05, 0.1) is 5.52 Å². The van der Waals surface area contributed by atoms with Crippen molar-refractivity contribution in [3.63, 3.8) is 0 Å². The lowest BCUT2D eigenvalue weighted by atomic mass is 10.3. The van der Waals surface area contributed by atoms with Crippen LogP contribution in [0.3, 0.4) is 0 Å². The average molecular weight is 317 g/mol. The van der Waals surface area contributed by atoms with Crippen LogP contribution in [0.1, 0.15) is 12.8 Å². The fraction of sp³-hybridized carbons (Fsp3) is 0.300. The normalized spacial score (nSPS) is 10.9. The minimum absolute atomic E-state index is 0.0607. The van der Waals surface area contributed by atoms with Gasteiger partial charge in [-0.2, -0.15) is 0 Å². The van der Waals surface area contributed by atoms with E-state index in [4.69, 9.17) is 5.11 Å². The molecule has 0 aromatic carbocycles. The van der Waals surface area contributed by atoms with Crippen molar-refractivity contribution < 1.29 is 9.90 Å². The summed E-state index contributed by atoms with van der Waals surface area (Å²) >= 11 is 4.37. The van der Waals surface area contributed by atoms with Crippen molar-refractivity contribution in [2.75, 3.05) is 0 Å². The molecule has 0 spiro atoms. The predicted molar refractivity (Wildman–Crippen MR) is 68.4 cm³/mol. The first-order valence-electron chi connectivity index (χ1n) is 4.94. The van der Waals surface area contributed by atoms with Crippen molar-refractivity contribution in [1.29, 1.82) is 0 Å². The van der Waals surface area contributed by atoms with Crippen molar-refractivity contribution in [2.45, 2.75) is 19.4 Å². The standard InChI is InChI=1S/C10H9BrN2O3S/c11-6-4-7-9(12-5-6)17-10(16)13(7)3-1-2-8(14)15/h4-5H,1-3H2,(H,14,15). The van der Waals surface area contributed by atoms with Gasteiger partial charge in [0.25, 0.3) is 0 Å². The molecule has 0 aliphatic heterocycles. The fourth-order valence-corrected chi connectivity index (χ4v) is 2.69. The van der Waals surface area contributed by atoms with Crippen LogP contribution in [0.2, 0.25) is 0 Å². The minimum atomic E-state index is -0.850. The van der Waals surface area contributed by atoms with Gasteiger partial charge in [-0.15, -0.1) is 0 Å². The third-order valence-electron chi connectivity index (χ3n) is 2.27. The van der Waals surface area contributed by atoms with Crippen molar-refractivity contribution in [3.8, 4) is 0 Å². The van der Waals surface area contributed by atoms with Crippen LogP contribution < -0.4 is 4.87 Å². The largest absolute Gasteiger partial charge is 0.481 e. The number of hydrogen-bond acceptors (Lipinski definition) is 4. The Labute approximate surface area is 109 Å². The van der Waals surface area contributed by atoms with Gasteiger partial charge in [-0.05, 0) is 28.4 Å². The van der Waals surface area contributed by atoms with Crippen LogP contribution in [0.4, 0.5) is 0 Å². The Bertz CT molecular complexity index is 620. The zero-order valence-electron chi connectivity index (χ0n) is 8.72. The van der Waals surface area contributed by atoms with E-state index < -0.39 is 5.97 Å². The molecule has 2 heterocycles. The predicted octanol–water partition coefficient (Wildman–Crippen LogP) is 2.09. The highest BCUT2D eigenvalue weighted by Crippen LogP contribution is 2.19. The second-order valence-electron chi connectivity index (χ2n) is 3.49. The van der Waals surface area contributed by atoms with Crippen LogP contribution in [0.15, 0.2) is 21.5 Å². The first-order chi connectivity index (χ1) is 8.08. The zero-order valence-corrected chi connectivity index (χ0v) is 11.1. The summed E-state index contributed by atoms with van der Waals surface area (Å²) in [5.74, 6) is -0.850. The van der Waals surface area contributed by atoms with E-state index in [2.05, 4.69) is 20.9 Å². The van der Waals surface area contributed by atoms with Gasteiger partial charge in [0.2, 0.25) is 0 Å². The summed E-state index contributed by atoms with van der Waals surface area (Å²) in [5, 5.41) is 8.56. The van der Waals surface area contributed by atoms with Gasteiger partial charge in [0.1, 0.15) is 4.83 Å². The Morgan fingerprint density at radius 3 is 3.06 bits per heavy atom. The molecule has 1 N–H and O–H groups in total. The van der Waals surface area contributed by atoms with Gasteiger partial charge >= 0.3 is 10.8 Å². The molecule has 0 saturated carbocycles. The molecule has 17 heavy (non-hydrogen) atoms. The number of nitrogens with zero attached hydrogens (tertiary/aromatic N) is 2. The van der Waals surface area contributed by atoms with Gasteiger partial charge in [-0.3, -0.25) is 14.2 Å². The number of hydrogen-bond donors (Lipinski definition) is 1. The summed E-state index contributed by atoms with van der Waals surface area (Å²) < 4.78 is 2.37. The Kier molecular flexibility index (Phi) is 3.58. The maximum absolute atomic E-state index is 11.7.